The smallest absolute Gasteiger partial charge is 0.0817 e. The maximum Gasteiger partial charge on any atom is 0.0817 e. The Morgan fingerprint density at radius 2 is 2.11 bits per heavy atom. The number of benzene rings is 1. The molecule has 0 saturated heterocycles. The Morgan fingerprint density at radius 3 is 2.68 bits per heavy atom. The molecule has 0 aliphatic rings. The van der Waals surface area contributed by atoms with E-state index in [9.17, 15) is 0 Å². The van der Waals surface area contributed by atoms with Crippen molar-refractivity contribution in [3.63, 3.8) is 0 Å². The molecule has 0 fully saturated rings. The first-order valence-corrected chi connectivity index (χ1v) is 7.07. The van der Waals surface area contributed by atoms with Crippen molar-refractivity contribution >= 4 is 27.3 Å². The molecule has 2 N–H and O–H groups in total. The average molecular weight is 323 g/mol. The van der Waals surface area contributed by atoms with Crippen LogP contribution in [-0.2, 0) is 6.54 Å². The Morgan fingerprint density at radius 1 is 1.37 bits per heavy atom. The van der Waals surface area contributed by atoms with E-state index >= 15 is 0 Å². The monoisotopic (exact) mass is 322 g/mol. The second-order valence-corrected chi connectivity index (χ2v) is 5.86. The fraction of sp³-hybridized carbons (Fsp3) is 0.357. The quantitative estimate of drug-likeness (QED) is 0.877. The minimum absolute atomic E-state index is 0.386. The van der Waals surface area contributed by atoms with Crippen molar-refractivity contribution in [3.05, 3.63) is 40.6 Å². The van der Waals surface area contributed by atoms with Crippen LogP contribution in [0, 0.1) is 0 Å². The number of nitrogens with two attached hydrogens (primary N) is 1. The van der Waals surface area contributed by atoms with Crippen molar-refractivity contribution in [1.29, 1.82) is 0 Å². The van der Waals surface area contributed by atoms with Crippen LogP contribution in [0.2, 0.25) is 0 Å². The van der Waals surface area contributed by atoms with Crippen LogP contribution in [0.3, 0.4) is 0 Å². The summed E-state index contributed by atoms with van der Waals surface area (Å²) in [6.07, 6.45) is 2.01. The largest absolute Gasteiger partial charge is 0.397 e. The standard InChI is InChI=1S/C14H19BrN4/c1-10(2)19-7-6-12(17-19)9-18(3)14-5-4-11(15)8-13(14)16/h4-8,10H,9,16H2,1-3H3. The Labute approximate surface area is 122 Å². The van der Waals surface area contributed by atoms with Crippen molar-refractivity contribution in [2.24, 2.45) is 0 Å². The van der Waals surface area contributed by atoms with Gasteiger partial charge < -0.3 is 10.6 Å². The molecule has 5 heteroatoms. The first kappa shape index (κ1) is 13.9. The number of hydrogen-bond acceptors (Lipinski definition) is 3. The molecule has 0 saturated carbocycles. The molecule has 0 bridgehead atoms. The summed E-state index contributed by atoms with van der Waals surface area (Å²) in [7, 11) is 2.02. The molecule has 102 valence electrons. The lowest BCUT2D eigenvalue weighted by Crippen LogP contribution is -2.18. The lowest BCUT2D eigenvalue weighted by Gasteiger charge is -2.20. The molecule has 0 spiro atoms. The number of nitrogen functional groups attached to an aromatic ring is 1. The van der Waals surface area contributed by atoms with Gasteiger partial charge in [-0.1, -0.05) is 15.9 Å². The zero-order valence-electron chi connectivity index (χ0n) is 11.5. The van der Waals surface area contributed by atoms with Crippen LogP contribution in [0.5, 0.6) is 0 Å². The number of rotatable bonds is 4. The zero-order valence-corrected chi connectivity index (χ0v) is 13.1. The van der Waals surface area contributed by atoms with Gasteiger partial charge in [-0.25, -0.2) is 0 Å². The number of nitrogens with zero attached hydrogens (tertiary/aromatic N) is 3. The fourth-order valence-corrected chi connectivity index (χ4v) is 2.33. The maximum atomic E-state index is 6.03. The summed E-state index contributed by atoms with van der Waals surface area (Å²) in [4.78, 5) is 2.11. The van der Waals surface area contributed by atoms with Gasteiger partial charge in [-0.2, -0.15) is 5.10 Å². The third-order valence-electron chi connectivity index (χ3n) is 2.99. The van der Waals surface area contributed by atoms with Gasteiger partial charge in [0.25, 0.3) is 0 Å². The van der Waals surface area contributed by atoms with E-state index in [0.717, 1.165) is 28.1 Å². The zero-order chi connectivity index (χ0) is 14.0. The van der Waals surface area contributed by atoms with Crippen LogP contribution in [0.4, 0.5) is 11.4 Å². The summed E-state index contributed by atoms with van der Waals surface area (Å²) in [6, 6.07) is 8.36. The first-order valence-electron chi connectivity index (χ1n) is 6.27. The molecular formula is C14H19BrN4. The second-order valence-electron chi connectivity index (χ2n) is 4.94. The van der Waals surface area contributed by atoms with E-state index in [2.05, 4.69) is 39.8 Å². The first-order chi connectivity index (χ1) is 8.97. The molecule has 19 heavy (non-hydrogen) atoms. The Bertz CT molecular complexity index is 562. The highest BCUT2D eigenvalue weighted by molar-refractivity contribution is 9.10. The van der Waals surface area contributed by atoms with Gasteiger partial charge >= 0.3 is 0 Å². The summed E-state index contributed by atoms with van der Waals surface area (Å²) < 4.78 is 2.96. The molecule has 1 aromatic heterocycles. The van der Waals surface area contributed by atoms with E-state index in [1.54, 1.807) is 0 Å². The minimum atomic E-state index is 0.386. The normalized spacial score (nSPS) is 11.0. The lowest BCUT2D eigenvalue weighted by atomic mass is 10.2. The van der Waals surface area contributed by atoms with Crippen LogP contribution >= 0.6 is 15.9 Å². The summed E-state index contributed by atoms with van der Waals surface area (Å²) in [5, 5.41) is 4.55. The van der Waals surface area contributed by atoms with E-state index in [0.29, 0.717) is 6.04 Å². The molecule has 4 nitrogen and oxygen atoms in total. The minimum Gasteiger partial charge on any atom is -0.397 e. The van der Waals surface area contributed by atoms with Crippen LogP contribution in [0.15, 0.2) is 34.9 Å². The van der Waals surface area contributed by atoms with Crippen LogP contribution < -0.4 is 10.6 Å². The number of halogens is 1. The average Bonchev–Trinajstić information content (AvgIpc) is 2.77. The summed E-state index contributed by atoms with van der Waals surface area (Å²) >= 11 is 3.42. The molecule has 1 aromatic carbocycles. The van der Waals surface area contributed by atoms with E-state index in [-0.39, 0.29) is 0 Å². The van der Waals surface area contributed by atoms with Crippen molar-refractivity contribution in [2.75, 3.05) is 17.7 Å². The van der Waals surface area contributed by atoms with Gasteiger partial charge in [0.15, 0.2) is 0 Å². The van der Waals surface area contributed by atoms with Crippen LogP contribution in [-0.4, -0.2) is 16.8 Å². The van der Waals surface area contributed by atoms with E-state index in [1.165, 1.54) is 0 Å². The summed E-state index contributed by atoms with van der Waals surface area (Å²) in [6.45, 7) is 4.98. The third-order valence-corrected chi connectivity index (χ3v) is 3.49. The van der Waals surface area contributed by atoms with Gasteiger partial charge in [0.2, 0.25) is 0 Å². The molecule has 1 heterocycles. The van der Waals surface area contributed by atoms with Crippen molar-refractivity contribution in [1.82, 2.24) is 9.78 Å². The van der Waals surface area contributed by atoms with Gasteiger partial charge in [0.05, 0.1) is 23.6 Å². The second kappa shape index (κ2) is 5.65. The third kappa shape index (κ3) is 3.29. The van der Waals surface area contributed by atoms with Crippen LogP contribution in [0.25, 0.3) is 0 Å². The molecule has 2 rings (SSSR count). The van der Waals surface area contributed by atoms with E-state index in [1.807, 2.05) is 42.2 Å². The highest BCUT2D eigenvalue weighted by Crippen LogP contribution is 2.26. The van der Waals surface area contributed by atoms with Crippen molar-refractivity contribution < 1.29 is 0 Å². The predicted octanol–water partition coefficient (Wildman–Crippen LogP) is 3.45. The molecule has 2 aromatic rings. The van der Waals surface area contributed by atoms with E-state index < -0.39 is 0 Å². The molecule has 0 aliphatic carbocycles. The number of aromatic nitrogens is 2. The van der Waals surface area contributed by atoms with Crippen molar-refractivity contribution in [2.45, 2.75) is 26.4 Å². The molecule has 0 unspecified atom stereocenters. The van der Waals surface area contributed by atoms with Gasteiger partial charge in [-0.05, 0) is 38.1 Å². The lowest BCUT2D eigenvalue weighted by molar-refractivity contribution is 0.526. The molecular weight excluding hydrogens is 304 g/mol. The van der Waals surface area contributed by atoms with Crippen molar-refractivity contribution in [3.8, 4) is 0 Å². The number of anilines is 2. The maximum absolute atomic E-state index is 6.03. The SMILES string of the molecule is CC(C)n1ccc(CN(C)c2ccc(Br)cc2N)n1. The van der Waals surface area contributed by atoms with Gasteiger partial charge in [0, 0.05) is 23.8 Å². The van der Waals surface area contributed by atoms with Gasteiger partial charge in [0.1, 0.15) is 0 Å². The molecule has 0 amide bonds. The highest BCUT2D eigenvalue weighted by Gasteiger charge is 2.09. The Kier molecular flexibility index (Phi) is 4.14. The topological polar surface area (TPSA) is 47.1 Å². The Hall–Kier alpha value is -1.49. The Balaban J connectivity index is 2.13. The number of hydrogen-bond donors (Lipinski definition) is 1. The van der Waals surface area contributed by atoms with E-state index in [4.69, 9.17) is 5.73 Å². The van der Waals surface area contributed by atoms with Crippen LogP contribution in [0.1, 0.15) is 25.6 Å². The molecule has 0 atom stereocenters. The molecule has 0 aliphatic heterocycles. The summed E-state index contributed by atoms with van der Waals surface area (Å²) in [5.74, 6) is 0. The fourth-order valence-electron chi connectivity index (χ4n) is 1.95. The highest BCUT2D eigenvalue weighted by atomic mass is 79.9. The summed E-state index contributed by atoms with van der Waals surface area (Å²) in [5.41, 5.74) is 8.85. The van der Waals surface area contributed by atoms with Gasteiger partial charge in [-0.15, -0.1) is 0 Å². The molecule has 0 radical (unpaired) electrons. The predicted molar refractivity (Wildman–Crippen MR) is 83.3 cm³/mol. The van der Waals surface area contributed by atoms with Gasteiger partial charge in [-0.3, -0.25) is 4.68 Å².